The first-order valence-electron chi connectivity index (χ1n) is 5.70. The van der Waals surface area contributed by atoms with Crippen molar-refractivity contribution >= 4 is 0 Å². The van der Waals surface area contributed by atoms with Crippen molar-refractivity contribution in [3.05, 3.63) is 35.4 Å². The maximum absolute atomic E-state index is 9.65. The Kier molecular flexibility index (Phi) is 3.55. The molecule has 1 aliphatic rings. The normalized spacial score (nSPS) is 24.2. The molecule has 2 atom stereocenters. The summed E-state index contributed by atoms with van der Waals surface area (Å²) in [5.41, 5.74) is 1.78. The van der Waals surface area contributed by atoms with Crippen molar-refractivity contribution in [2.45, 2.75) is 38.0 Å². The Morgan fingerprint density at radius 3 is 3.00 bits per heavy atom. The summed E-state index contributed by atoms with van der Waals surface area (Å²) in [6, 6.07) is 9.91. The average Bonchev–Trinajstić information content (AvgIpc) is 2.72. The number of aliphatic hydroxyl groups excluding tert-OH is 1. The minimum absolute atomic E-state index is 0.209. The molecule has 1 saturated carbocycles. The summed E-state index contributed by atoms with van der Waals surface area (Å²) in [5.74, 6) is 0. The SMILES string of the molecule is N#Cc1cccc(CN[C@H]2CCC[C@@H]2O)c1. The zero-order chi connectivity index (χ0) is 11.4. The molecule has 1 fully saturated rings. The van der Waals surface area contributed by atoms with Crippen LogP contribution in [0.3, 0.4) is 0 Å². The summed E-state index contributed by atoms with van der Waals surface area (Å²) in [6.45, 7) is 0.719. The highest BCUT2D eigenvalue weighted by molar-refractivity contribution is 5.32. The van der Waals surface area contributed by atoms with E-state index in [1.54, 1.807) is 6.07 Å². The molecule has 3 nitrogen and oxygen atoms in total. The molecule has 0 amide bonds. The summed E-state index contributed by atoms with van der Waals surface area (Å²) < 4.78 is 0. The first-order valence-corrected chi connectivity index (χ1v) is 5.70. The van der Waals surface area contributed by atoms with Crippen molar-refractivity contribution in [2.24, 2.45) is 0 Å². The van der Waals surface area contributed by atoms with Crippen LogP contribution in [-0.2, 0) is 6.54 Å². The van der Waals surface area contributed by atoms with Crippen LogP contribution in [0.25, 0.3) is 0 Å². The van der Waals surface area contributed by atoms with Crippen molar-refractivity contribution in [3.8, 4) is 6.07 Å². The second kappa shape index (κ2) is 5.11. The molecule has 0 spiro atoms. The van der Waals surface area contributed by atoms with Crippen LogP contribution in [0.2, 0.25) is 0 Å². The van der Waals surface area contributed by atoms with Gasteiger partial charge in [-0.1, -0.05) is 12.1 Å². The van der Waals surface area contributed by atoms with Gasteiger partial charge in [0.25, 0.3) is 0 Å². The monoisotopic (exact) mass is 216 g/mol. The minimum atomic E-state index is -0.209. The highest BCUT2D eigenvalue weighted by Crippen LogP contribution is 2.19. The van der Waals surface area contributed by atoms with Crippen molar-refractivity contribution in [2.75, 3.05) is 0 Å². The van der Waals surface area contributed by atoms with E-state index in [1.165, 1.54) is 0 Å². The summed E-state index contributed by atoms with van der Waals surface area (Å²) in [7, 11) is 0. The average molecular weight is 216 g/mol. The van der Waals surface area contributed by atoms with Gasteiger partial charge in [-0.3, -0.25) is 0 Å². The summed E-state index contributed by atoms with van der Waals surface area (Å²) in [6.07, 6.45) is 2.82. The first-order chi connectivity index (χ1) is 7.79. The van der Waals surface area contributed by atoms with Gasteiger partial charge in [-0.15, -0.1) is 0 Å². The zero-order valence-electron chi connectivity index (χ0n) is 9.19. The molecule has 84 valence electrons. The molecule has 1 aliphatic carbocycles. The number of nitrogens with zero attached hydrogens (tertiary/aromatic N) is 1. The maximum atomic E-state index is 9.65. The molecule has 0 unspecified atom stereocenters. The van der Waals surface area contributed by atoms with Gasteiger partial charge < -0.3 is 10.4 Å². The van der Waals surface area contributed by atoms with Crippen LogP contribution in [0.4, 0.5) is 0 Å². The Balaban J connectivity index is 1.92. The van der Waals surface area contributed by atoms with Crippen LogP contribution in [0, 0.1) is 11.3 Å². The smallest absolute Gasteiger partial charge is 0.0991 e. The fourth-order valence-corrected chi connectivity index (χ4v) is 2.18. The molecule has 1 aromatic rings. The highest BCUT2D eigenvalue weighted by atomic mass is 16.3. The topological polar surface area (TPSA) is 56.0 Å². The highest BCUT2D eigenvalue weighted by Gasteiger charge is 2.24. The lowest BCUT2D eigenvalue weighted by Gasteiger charge is -2.16. The van der Waals surface area contributed by atoms with Crippen LogP contribution in [0.5, 0.6) is 0 Å². The summed E-state index contributed by atoms with van der Waals surface area (Å²) in [5, 5.41) is 21.8. The molecule has 16 heavy (non-hydrogen) atoms. The number of nitriles is 1. The van der Waals surface area contributed by atoms with Crippen LogP contribution in [0.1, 0.15) is 30.4 Å². The van der Waals surface area contributed by atoms with Crippen molar-refractivity contribution in [1.29, 1.82) is 5.26 Å². The third-order valence-corrected chi connectivity index (χ3v) is 3.10. The predicted molar refractivity (Wildman–Crippen MR) is 61.6 cm³/mol. The van der Waals surface area contributed by atoms with E-state index in [2.05, 4.69) is 11.4 Å². The van der Waals surface area contributed by atoms with Crippen LogP contribution in [-0.4, -0.2) is 17.3 Å². The molecule has 3 heteroatoms. The number of hydrogen-bond donors (Lipinski definition) is 2. The number of nitrogens with one attached hydrogen (secondary N) is 1. The molecular formula is C13H16N2O. The number of aliphatic hydroxyl groups is 1. The molecule has 2 rings (SSSR count). The van der Waals surface area contributed by atoms with Crippen molar-refractivity contribution < 1.29 is 5.11 Å². The zero-order valence-corrected chi connectivity index (χ0v) is 9.19. The van der Waals surface area contributed by atoms with E-state index in [-0.39, 0.29) is 12.1 Å². The molecule has 0 radical (unpaired) electrons. The van der Waals surface area contributed by atoms with E-state index in [4.69, 9.17) is 5.26 Å². The van der Waals surface area contributed by atoms with Gasteiger partial charge in [-0.05, 0) is 37.0 Å². The number of benzene rings is 1. The van der Waals surface area contributed by atoms with Crippen LogP contribution >= 0.6 is 0 Å². The van der Waals surface area contributed by atoms with E-state index in [9.17, 15) is 5.11 Å². The standard InChI is InChI=1S/C13H16N2O/c14-8-10-3-1-4-11(7-10)9-15-12-5-2-6-13(12)16/h1,3-4,7,12-13,15-16H,2,5-6,9H2/t12-,13-/m0/s1. The predicted octanol–water partition coefficient (Wildman–Crippen LogP) is 1.56. The summed E-state index contributed by atoms with van der Waals surface area (Å²) in [4.78, 5) is 0. The Labute approximate surface area is 95.7 Å². The molecule has 1 aromatic carbocycles. The second-order valence-electron chi connectivity index (χ2n) is 4.30. The van der Waals surface area contributed by atoms with Gasteiger partial charge in [-0.25, -0.2) is 0 Å². The van der Waals surface area contributed by atoms with Gasteiger partial charge in [0.15, 0.2) is 0 Å². The van der Waals surface area contributed by atoms with Crippen molar-refractivity contribution in [1.82, 2.24) is 5.32 Å². The van der Waals surface area contributed by atoms with Gasteiger partial charge in [0.05, 0.1) is 17.7 Å². The molecule has 0 saturated heterocycles. The van der Waals surface area contributed by atoms with E-state index in [0.29, 0.717) is 5.56 Å². The molecule has 0 aromatic heterocycles. The van der Waals surface area contributed by atoms with Crippen LogP contribution in [0.15, 0.2) is 24.3 Å². The van der Waals surface area contributed by atoms with E-state index >= 15 is 0 Å². The molecule has 2 N–H and O–H groups in total. The van der Waals surface area contributed by atoms with Gasteiger partial charge >= 0.3 is 0 Å². The molecular weight excluding hydrogens is 200 g/mol. The quantitative estimate of drug-likeness (QED) is 0.806. The second-order valence-corrected chi connectivity index (χ2v) is 4.30. The Morgan fingerprint density at radius 2 is 2.31 bits per heavy atom. The molecule has 0 bridgehead atoms. The number of hydrogen-bond acceptors (Lipinski definition) is 3. The van der Waals surface area contributed by atoms with Gasteiger partial charge in [0, 0.05) is 12.6 Å². The van der Waals surface area contributed by atoms with E-state index in [0.717, 1.165) is 31.4 Å². The lowest BCUT2D eigenvalue weighted by Crippen LogP contribution is -2.35. The van der Waals surface area contributed by atoms with Crippen LogP contribution < -0.4 is 5.32 Å². The largest absolute Gasteiger partial charge is 0.392 e. The number of rotatable bonds is 3. The first kappa shape index (κ1) is 11.1. The third-order valence-electron chi connectivity index (χ3n) is 3.10. The van der Waals surface area contributed by atoms with Gasteiger partial charge in [0.1, 0.15) is 0 Å². The van der Waals surface area contributed by atoms with E-state index in [1.807, 2.05) is 18.2 Å². The fraction of sp³-hybridized carbons (Fsp3) is 0.462. The maximum Gasteiger partial charge on any atom is 0.0991 e. The van der Waals surface area contributed by atoms with E-state index < -0.39 is 0 Å². The lowest BCUT2D eigenvalue weighted by molar-refractivity contribution is 0.148. The third kappa shape index (κ3) is 2.60. The Morgan fingerprint density at radius 1 is 1.44 bits per heavy atom. The molecule has 0 aliphatic heterocycles. The van der Waals surface area contributed by atoms with Crippen molar-refractivity contribution in [3.63, 3.8) is 0 Å². The van der Waals surface area contributed by atoms with Gasteiger partial charge in [-0.2, -0.15) is 5.26 Å². The summed E-state index contributed by atoms with van der Waals surface area (Å²) >= 11 is 0. The lowest BCUT2D eigenvalue weighted by atomic mass is 10.1. The molecule has 0 heterocycles. The minimum Gasteiger partial charge on any atom is -0.392 e. The Bertz CT molecular complexity index is 397. The fourth-order valence-electron chi connectivity index (χ4n) is 2.18. The van der Waals surface area contributed by atoms with Gasteiger partial charge in [0.2, 0.25) is 0 Å². The Hall–Kier alpha value is -1.37.